The third-order valence-corrected chi connectivity index (χ3v) is 5.47. The van der Waals surface area contributed by atoms with Crippen LogP contribution in [0.25, 0.3) is 10.8 Å². The van der Waals surface area contributed by atoms with E-state index in [1.165, 1.54) is 0 Å². The Hall–Kier alpha value is -2.36. The number of piperidine rings is 1. The standard InChI is InChI=1S/C22H28N2O2/c1-15(2)16(3)23-21(25)18-10-7-13-24(14-18)22(26)20-12-6-9-17-8-4-5-11-19(17)20/h4-6,8-9,11-12,15-16,18H,7,10,13-14H2,1-3H3,(H,23,25). The van der Waals surface area contributed by atoms with E-state index in [-0.39, 0.29) is 23.8 Å². The number of likely N-dealkylation sites (tertiary alicyclic amines) is 1. The molecule has 0 bridgehead atoms. The number of amides is 2. The molecule has 0 aliphatic carbocycles. The van der Waals surface area contributed by atoms with E-state index in [1.54, 1.807) is 0 Å². The van der Waals surface area contributed by atoms with Gasteiger partial charge in [-0.3, -0.25) is 9.59 Å². The first-order chi connectivity index (χ1) is 12.5. The molecule has 0 aromatic heterocycles. The van der Waals surface area contributed by atoms with Crippen LogP contribution in [0.1, 0.15) is 44.0 Å². The molecule has 2 unspecified atom stereocenters. The van der Waals surface area contributed by atoms with Gasteiger partial charge in [-0.1, -0.05) is 50.2 Å². The number of carbonyl (C=O) groups excluding carboxylic acids is 2. The molecule has 1 heterocycles. The number of nitrogens with zero attached hydrogens (tertiary/aromatic N) is 1. The Kier molecular flexibility index (Phi) is 5.60. The molecule has 0 saturated carbocycles. The first-order valence-electron chi connectivity index (χ1n) is 9.54. The van der Waals surface area contributed by atoms with Gasteiger partial charge in [-0.15, -0.1) is 0 Å². The Labute approximate surface area is 155 Å². The summed E-state index contributed by atoms with van der Waals surface area (Å²) in [6.45, 7) is 7.44. The van der Waals surface area contributed by atoms with Gasteiger partial charge < -0.3 is 10.2 Å². The third-order valence-electron chi connectivity index (χ3n) is 5.47. The number of hydrogen-bond donors (Lipinski definition) is 1. The largest absolute Gasteiger partial charge is 0.353 e. The zero-order chi connectivity index (χ0) is 18.7. The third kappa shape index (κ3) is 3.90. The Morgan fingerprint density at radius 2 is 1.81 bits per heavy atom. The maximum absolute atomic E-state index is 13.1. The zero-order valence-corrected chi connectivity index (χ0v) is 15.9. The van der Waals surface area contributed by atoms with Crippen LogP contribution < -0.4 is 5.32 Å². The van der Waals surface area contributed by atoms with Gasteiger partial charge in [0.15, 0.2) is 0 Å². The molecule has 1 fully saturated rings. The summed E-state index contributed by atoms with van der Waals surface area (Å²) in [6.07, 6.45) is 1.71. The number of hydrogen-bond acceptors (Lipinski definition) is 2. The summed E-state index contributed by atoms with van der Waals surface area (Å²) >= 11 is 0. The molecule has 1 saturated heterocycles. The lowest BCUT2D eigenvalue weighted by molar-refractivity contribution is -0.127. The van der Waals surface area contributed by atoms with Crippen LogP contribution in [0.4, 0.5) is 0 Å². The molecule has 0 spiro atoms. The fourth-order valence-corrected chi connectivity index (χ4v) is 3.47. The van der Waals surface area contributed by atoms with E-state index in [4.69, 9.17) is 0 Å². The summed E-state index contributed by atoms with van der Waals surface area (Å²) in [6, 6.07) is 13.9. The molecule has 26 heavy (non-hydrogen) atoms. The summed E-state index contributed by atoms with van der Waals surface area (Å²) in [7, 11) is 0. The van der Waals surface area contributed by atoms with E-state index in [2.05, 4.69) is 19.2 Å². The van der Waals surface area contributed by atoms with Gasteiger partial charge in [0, 0.05) is 24.7 Å². The average Bonchev–Trinajstić information content (AvgIpc) is 2.67. The summed E-state index contributed by atoms with van der Waals surface area (Å²) in [5, 5.41) is 5.14. The van der Waals surface area contributed by atoms with E-state index in [0.717, 1.165) is 29.2 Å². The molecule has 138 valence electrons. The van der Waals surface area contributed by atoms with E-state index in [0.29, 0.717) is 19.0 Å². The van der Waals surface area contributed by atoms with Gasteiger partial charge in [0.1, 0.15) is 0 Å². The van der Waals surface area contributed by atoms with Gasteiger partial charge in [0.25, 0.3) is 5.91 Å². The van der Waals surface area contributed by atoms with Crippen LogP contribution in [0.2, 0.25) is 0 Å². The monoisotopic (exact) mass is 352 g/mol. The number of benzene rings is 2. The number of rotatable bonds is 4. The predicted octanol–water partition coefficient (Wildman–Crippen LogP) is 3.85. The highest BCUT2D eigenvalue weighted by molar-refractivity contribution is 6.07. The molecule has 2 aromatic carbocycles. The number of nitrogens with one attached hydrogen (secondary N) is 1. The van der Waals surface area contributed by atoms with Gasteiger partial charge in [-0.05, 0) is 42.5 Å². The van der Waals surface area contributed by atoms with Crippen LogP contribution in [0.15, 0.2) is 42.5 Å². The Bertz CT molecular complexity index is 794. The van der Waals surface area contributed by atoms with Crippen molar-refractivity contribution in [3.63, 3.8) is 0 Å². The molecule has 4 heteroatoms. The molecular formula is C22H28N2O2. The van der Waals surface area contributed by atoms with Gasteiger partial charge in [-0.25, -0.2) is 0 Å². The quantitative estimate of drug-likeness (QED) is 0.908. The van der Waals surface area contributed by atoms with Gasteiger partial charge >= 0.3 is 0 Å². The fourth-order valence-electron chi connectivity index (χ4n) is 3.47. The zero-order valence-electron chi connectivity index (χ0n) is 15.9. The second-order valence-electron chi connectivity index (χ2n) is 7.66. The molecule has 1 N–H and O–H groups in total. The summed E-state index contributed by atoms with van der Waals surface area (Å²) in [5.74, 6) is 0.373. The van der Waals surface area contributed by atoms with Crippen molar-refractivity contribution < 1.29 is 9.59 Å². The smallest absolute Gasteiger partial charge is 0.254 e. The second kappa shape index (κ2) is 7.90. The molecule has 2 amide bonds. The van der Waals surface area contributed by atoms with Crippen molar-refractivity contribution in [3.8, 4) is 0 Å². The highest BCUT2D eigenvalue weighted by atomic mass is 16.2. The van der Waals surface area contributed by atoms with E-state index < -0.39 is 0 Å². The number of carbonyl (C=O) groups is 2. The van der Waals surface area contributed by atoms with E-state index in [9.17, 15) is 9.59 Å². The maximum Gasteiger partial charge on any atom is 0.254 e. The topological polar surface area (TPSA) is 49.4 Å². The van der Waals surface area contributed by atoms with Crippen molar-refractivity contribution in [2.24, 2.45) is 11.8 Å². The van der Waals surface area contributed by atoms with Crippen molar-refractivity contribution in [2.75, 3.05) is 13.1 Å². The first-order valence-corrected chi connectivity index (χ1v) is 9.54. The molecule has 4 nitrogen and oxygen atoms in total. The predicted molar refractivity (Wildman–Crippen MR) is 105 cm³/mol. The van der Waals surface area contributed by atoms with Crippen molar-refractivity contribution in [1.82, 2.24) is 10.2 Å². The Morgan fingerprint density at radius 3 is 2.58 bits per heavy atom. The summed E-state index contributed by atoms with van der Waals surface area (Å²) in [5.41, 5.74) is 0.722. The van der Waals surface area contributed by atoms with Gasteiger partial charge in [0.2, 0.25) is 5.91 Å². The fraction of sp³-hybridized carbons (Fsp3) is 0.455. The van der Waals surface area contributed by atoms with Crippen molar-refractivity contribution >= 4 is 22.6 Å². The normalized spacial score (nSPS) is 18.8. The highest BCUT2D eigenvalue weighted by Gasteiger charge is 2.30. The van der Waals surface area contributed by atoms with Crippen molar-refractivity contribution in [2.45, 2.75) is 39.7 Å². The van der Waals surface area contributed by atoms with Gasteiger partial charge in [-0.2, -0.15) is 0 Å². The van der Waals surface area contributed by atoms with Crippen molar-refractivity contribution in [3.05, 3.63) is 48.0 Å². The molecule has 1 aliphatic rings. The second-order valence-corrected chi connectivity index (χ2v) is 7.66. The molecule has 0 radical (unpaired) electrons. The van der Waals surface area contributed by atoms with E-state index in [1.807, 2.05) is 54.3 Å². The van der Waals surface area contributed by atoms with Crippen LogP contribution in [0.5, 0.6) is 0 Å². The van der Waals surface area contributed by atoms with Crippen LogP contribution in [0.3, 0.4) is 0 Å². The molecular weight excluding hydrogens is 324 g/mol. The van der Waals surface area contributed by atoms with Crippen LogP contribution in [-0.2, 0) is 4.79 Å². The maximum atomic E-state index is 13.1. The minimum atomic E-state index is -0.121. The van der Waals surface area contributed by atoms with Crippen LogP contribution >= 0.6 is 0 Å². The highest BCUT2D eigenvalue weighted by Crippen LogP contribution is 2.24. The summed E-state index contributed by atoms with van der Waals surface area (Å²) < 4.78 is 0. The minimum absolute atomic E-state index is 0.0243. The summed E-state index contributed by atoms with van der Waals surface area (Å²) in [4.78, 5) is 27.5. The van der Waals surface area contributed by atoms with E-state index >= 15 is 0 Å². The number of fused-ring (bicyclic) bond motifs is 1. The van der Waals surface area contributed by atoms with Crippen molar-refractivity contribution in [1.29, 1.82) is 0 Å². The van der Waals surface area contributed by atoms with Gasteiger partial charge in [0.05, 0.1) is 5.92 Å². The Morgan fingerprint density at radius 1 is 1.08 bits per heavy atom. The lowest BCUT2D eigenvalue weighted by Gasteiger charge is -2.33. The average molecular weight is 352 g/mol. The Balaban J connectivity index is 1.75. The molecule has 2 atom stereocenters. The van der Waals surface area contributed by atoms with Crippen LogP contribution in [0, 0.1) is 11.8 Å². The molecule has 1 aliphatic heterocycles. The molecule has 2 aromatic rings. The molecule has 3 rings (SSSR count). The first kappa shape index (κ1) is 18.4. The lowest BCUT2D eigenvalue weighted by atomic mass is 9.94. The van der Waals surface area contributed by atoms with Crippen LogP contribution in [-0.4, -0.2) is 35.8 Å². The SMILES string of the molecule is CC(C)C(C)NC(=O)C1CCCN(C(=O)c2cccc3ccccc23)C1. The minimum Gasteiger partial charge on any atom is -0.353 e. The lowest BCUT2D eigenvalue weighted by Crippen LogP contribution is -2.48.